The topological polar surface area (TPSA) is 99.3 Å². The summed E-state index contributed by atoms with van der Waals surface area (Å²) in [7, 11) is -3.18. The number of pyridine rings is 1. The third-order valence-corrected chi connectivity index (χ3v) is 4.65. The van der Waals surface area contributed by atoms with E-state index in [0.29, 0.717) is 31.6 Å². The molecule has 0 unspecified atom stereocenters. The van der Waals surface area contributed by atoms with E-state index in [4.69, 9.17) is 0 Å². The van der Waals surface area contributed by atoms with Gasteiger partial charge in [-0.25, -0.2) is 12.7 Å². The van der Waals surface area contributed by atoms with Gasteiger partial charge in [0.2, 0.25) is 21.5 Å². The average Bonchev–Trinajstić information content (AvgIpc) is 2.40. The van der Waals surface area contributed by atoms with Crippen molar-refractivity contribution < 1.29 is 13.2 Å². The second-order valence-corrected chi connectivity index (χ2v) is 6.85. The number of rotatable bonds is 3. The molecule has 0 radical (unpaired) electrons. The van der Waals surface area contributed by atoms with E-state index < -0.39 is 10.0 Å². The second-order valence-electron chi connectivity index (χ2n) is 4.87. The quantitative estimate of drug-likeness (QED) is 0.819. The van der Waals surface area contributed by atoms with E-state index >= 15 is 0 Å². The Labute approximate surface area is 117 Å². The fourth-order valence-electron chi connectivity index (χ4n) is 2.18. The molecule has 2 N–H and O–H groups in total. The van der Waals surface area contributed by atoms with E-state index in [1.54, 1.807) is 0 Å². The Morgan fingerprint density at radius 3 is 2.50 bits per heavy atom. The molecule has 1 aliphatic heterocycles. The van der Waals surface area contributed by atoms with Crippen LogP contribution in [0, 0.1) is 5.92 Å². The molecule has 110 valence electrons. The van der Waals surface area contributed by atoms with E-state index in [9.17, 15) is 18.0 Å². The highest BCUT2D eigenvalue weighted by Crippen LogP contribution is 2.20. The SMILES string of the molecule is CS(=O)(=O)N1CCC(C(=O)Nc2ccc(=O)[nH]c2)CC1. The second kappa shape index (κ2) is 5.76. The third-order valence-electron chi connectivity index (χ3n) is 3.35. The first-order valence-corrected chi connectivity index (χ1v) is 8.16. The van der Waals surface area contributed by atoms with Crippen LogP contribution in [0.1, 0.15) is 12.8 Å². The average molecular weight is 299 g/mol. The molecule has 1 aromatic heterocycles. The number of aromatic nitrogens is 1. The van der Waals surface area contributed by atoms with Crippen molar-refractivity contribution >= 4 is 21.6 Å². The summed E-state index contributed by atoms with van der Waals surface area (Å²) in [6.07, 6.45) is 3.62. The van der Waals surface area contributed by atoms with Crippen LogP contribution in [-0.4, -0.2) is 43.0 Å². The molecule has 0 saturated carbocycles. The number of sulfonamides is 1. The molecular formula is C12H17N3O4S. The Morgan fingerprint density at radius 2 is 2.00 bits per heavy atom. The highest BCUT2D eigenvalue weighted by Gasteiger charge is 2.28. The molecule has 20 heavy (non-hydrogen) atoms. The third kappa shape index (κ3) is 3.67. The minimum atomic E-state index is -3.18. The molecule has 0 bridgehead atoms. The normalized spacial score (nSPS) is 17.9. The first kappa shape index (κ1) is 14.7. The lowest BCUT2D eigenvalue weighted by atomic mass is 9.97. The van der Waals surface area contributed by atoms with Crippen molar-refractivity contribution in [3.05, 3.63) is 28.7 Å². The Bertz CT molecular complexity index is 624. The molecular weight excluding hydrogens is 282 g/mol. The highest BCUT2D eigenvalue weighted by atomic mass is 32.2. The molecule has 2 heterocycles. The number of nitrogens with one attached hydrogen (secondary N) is 2. The number of H-pyrrole nitrogens is 1. The number of hydrogen-bond acceptors (Lipinski definition) is 4. The molecule has 0 atom stereocenters. The standard InChI is InChI=1S/C12H17N3O4S/c1-20(18,19)15-6-4-9(5-7-15)12(17)14-10-2-3-11(16)13-8-10/h2-3,8-9H,4-7H2,1H3,(H,13,16)(H,14,17). The lowest BCUT2D eigenvalue weighted by Gasteiger charge is -2.29. The van der Waals surface area contributed by atoms with Gasteiger partial charge in [-0.2, -0.15) is 0 Å². The van der Waals surface area contributed by atoms with E-state index in [2.05, 4.69) is 10.3 Å². The fraction of sp³-hybridized carbons (Fsp3) is 0.500. The van der Waals surface area contributed by atoms with Gasteiger partial charge in [-0.15, -0.1) is 0 Å². The summed E-state index contributed by atoms with van der Waals surface area (Å²) in [6.45, 7) is 0.727. The number of amides is 1. The van der Waals surface area contributed by atoms with Crippen molar-refractivity contribution in [2.75, 3.05) is 24.7 Å². The van der Waals surface area contributed by atoms with E-state index in [1.807, 2.05) is 0 Å². The molecule has 2 rings (SSSR count). The van der Waals surface area contributed by atoms with Crippen LogP contribution < -0.4 is 10.9 Å². The number of anilines is 1. The van der Waals surface area contributed by atoms with Gasteiger partial charge in [0, 0.05) is 31.3 Å². The van der Waals surface area contributed by atoms with Gasteiger partial charge < -0.3 is 10.3 Å². The number of aromatic amines is 1. The number of piperidine rings is 1. The molecule has 1 aromatic rings. The molecule has 0 aromatic carbocycles. The van der Waals surface area contributed by atoms with Crippen LogP contribution >= 0.6 is 0 Å². The van der Waals surface area contributed by atoms with Gasteiger partial charge >= 0.3 is 0 Å². The van der Waals surface area contributed by atoms with Gasteiger partial charge in [0.1, 0.15) is 0 Å². The van der Waals surface area contributed by atoms with Crippen LogP contribution in [0.25, 0.3) is 0 Å². The zero-order valence-electron chi connectivity index (χ0n) is 11.1. The maximum absolute atomic E-state index is 12.0. The Morgan fingerprint density at radius 1 is 1.35 bits per heavy atom. The van der Waals surface area contributed by atoms with Gasteiger partial charge in [0.25, 0.3) is 0 Å². The lowest BCUT2D eigenvalue weighted by molar-refractivity contribution is -0.120. The first-order chi connectivity index (χ1) is 9.36. The summed E-state index contributed by atoms with van der Waals surface area (Å²) in [4.78, 5) is 25.4. The predicted octanol–water partition coefficient (Wildman–Crippen LogP) is -0.0150. The van der Waals surface area contributed by atoms with Crippen LogP contribution in [0.2, 0.25) is 0 Å². The van der Waals surface area contributed by atoms with Crippen LogP contribution in [0.5, 0.6) is 0 Å². The Balaban J connectivity index is 1.92. The summed E-state index contributed by atoms with van der Waals surface area (Å²) in [5, 5.41) is 2.72. The van der Waals surface area contributed by atoms with Crippen molar-refractivity contribution in [2.24, 2.45) is 5.92 Å². The van der Waals surface area contributed by atoms with Crippen LogP contribution in [-0.2, 0) is 14.8 Å². The van der Waals surface area contributed by atoms with Gasteiger partial charge in [0.05, 0.1) is 11.9 Å². The monoisotopic (exact) mass is 299 g/mol. The number of carbonyl (C=O) groups is 1. The summed E-state index contributed by atoms with van der Waals surface area (Å²) >= 11 is 0. The van der Waals surface area contributed by atoms with E-state index in [1.165, 1.54) is 28.9 Å². The number of nitrogens with zero attached hydrogens (tertiary/aromatic N) is 1. The van der Waals surface area contributed by atoms with Gasteiger partial charge in [0.15, 0.2) is 0 Å². The predicted molar refractivity (Wildman–Crippen MR) is 74.8 cm³/mol. The Hall–Kier alpha value is -1.67. The molecule has 1 aliphatic rings. The largest absolute Gasteiger partial charge is 0.327 e. The number of hydrogen-bond donors (Lipinski definition) is 2. The molecule has 0 spiro atoms. The number of carbonyl (C=O) groups excluding carboxylic acids is 1. The molecule has 1 amide bonds. The summed E-state index contributed by atoms with van der Waals surface area (Å²) < 4.78 is 24.1. The highest BCUT2D eigenvalue weighted by molar-refractivity contribution is 7.88. The summed E-state index contributed by atoms with van der Waals surface area (Å²) in [5.41, 5.74) is 0.296. The van der Waals surface area contributed by atoms with Crippen molar-refractivity contribution in [3.8, 4) is 0 Å². The van der Waals surface area contributed by atoms with E-state index in [-0.39, 0.29) is 17.4 Å². The van der Waals surface area contributed by atoms with Gasteiger partial charge in [-0.05, 0) is 18.9 Å². The first-order valence-electron chi connectivity index (χ1n) is 6.31. The van der Waals surface area contributed by atoms with Crippen LogP contribution in [0.4, 0.5) is 5.69 Å². The Kier molecular flexibility index (Phi) is 4.24. The summed E-state index contributed by atoms with van der Waals surface area (Å²) in [5.74, 6) is -0.356. The molecule has 1 saturated heterocycles. The molecule has 7 nitrogen and oxygen atoms in total. The summed E-state index contributed by atoms with van der Waals surface area (Å²) in [6, 6.07) is 2.87. The van der Waals surface area contributed by atoms with E-state index in [0.717, 1.165) is 0 Å². The zero-order chi connectivity index (χ0) is 14.8. The maximum Gasteiger partial charge on any atom is 0.248 e. The molecule has 1 fully saturated rings. The van der Waals surface area contributed by atoms with Crippen LogP contribution in [0.3, 0.4) is 0 Å². The maximum atomic E-state index is 12.0. The van der Waals surface area contributed by atoms with Crippen molar-refractivity contribution in [2.45, 2.75) is 12.8 Å². The zero-order valence-corrected chi connectivity index (χ0v) is 11.9. The fourth-order valence-corrected chi connectivity index (χ4v) is 3.06. The minimum absolute atomic E-state index is 0.148. The molecule has 8 heteroatoms. The lowest BCUT2D eigenvalue weighted by Crippen LogP contribution is -2.40. The van der Waals surface area contributed by atoms with Crippen molar-refractivity contribution in [3.63, 3.8) is 0 Å². The van der Waals surface area contributed by atoms with Crippen LogP contribution in [0.15, 0.2) is 23.1 Å². The smallest absolute Gasteiger partial charge is 0.248 e. The minimum Gasteiger partial charge on any atom is -0.327 e. The van der Waals surface area contributed by atoms with Gasteiger partial charge in [-0.1, -0.05) is 0 Å². The van der Waals surface area contributed by atoms with Crippen molar-refractivity contribution in [1.82, 2.24) is 9.29 Å². The van der Waals surface area contributed by atoms with Crippen molar-refractivity contribution in [1.29, 1.82) is 0 Å². The van der Waals surface area contributed by atoms with Gasteiger partial charge in [-0.3, -0.25) is 9.59 Å². The molecule has 0 aliphatic carbocycles.